The van der Waals surface area contributed by atoms with Gasteiger partial charge in [0.15, 0.2) is 0 Å². The van der Waals surface area contributed by atoms with Crippen molar-refractivity contribution in [2.24, 2.45) is 0 Å². The molecule has 0 aliphatic heterocycles. The van der Waals surface area contributed by atoms with Crippen LogP contribution < -0.4 is 5.32 Å². The first kappa shape index (κ1) is 17.3. The van der Waals surface area contributed by atoms with E-state index in [4.69, 9.17) is 0 Å². The number of rotatable bonds is 5. The Morgan fingerprint density at radius 1 is 1.09 bits per heavy atom. The molecule has 0 fully saturated rings. The van der Waals surface area contributed by atoms with Gasteiger partial charge in [0, 0.05) is 11.6 Å². The van der Waals surface area contributed by atoms with Crippen molar-refractivity contribution in [3.05, 3.63) is 70.8 Å². The molecule has 1 unspecified atom stereocenters. The average Bonchev–Trinajstić information content (AvgIpc) is 2.47. The fraction of sp³-hybridized carbons (Fsp3) is 0.381. The third-order valence-corrected chi connectivity index (χ3v) is 4.38. The maximum absolute atomic E-state index is 12.5. The molecule has 2 rings (SSSR count). The van der Waals surface area contributed by atoms with Crippen LogP contribution >= 0.6 is 0 Å². The molecule has 122 valence electrons. The van der Waals surface area contributed by atoms with Gasteiger partial charge in [-0.15, -0.1) is 0 Å². The van der Waals surface area contributed by atoms with Gasteiger partial charge >= 0.3 is 0 Å². The minimum atomic E-state index is 0.0128. The summed E-state index contributed by atoms with van der Waals surface area (Å²) in [6.07, 6.45) is 0.896. The highest BCUT2D eigenvalue weighted by atomic mass is 16.1. The molecule has 2 aromatic carbocycles. The largest absolute Gasteiger partial charge is 0.350 e. The molecule has 0 bridgehead atoms. The Kier molecular flexibility index (Phi) is 5.25. The predicted molar refractivity (Wildman–Crippen MR) is 96.9 cm³/mol. The Labute approximate surface area is 139 Å². The molecular formula is C21H27NO. The van der Waals surface area contributed by atoms with Gasteiger partial charge in [0.2, 0.25) is 0 Å². The van der Waals surface area contributed by atoms with Gasteiger partial charge in [-0.05, 0) is 49.8 Å². The zero-order valence-corrected chi connectivity index (χ0v) is 14.8. The highest BCUT2D eigenvalue weighted by Crippen LogP contribution is 2.28. The molecular weight excluding hydrogens is 282 g/mol. The summed E-state index contributed by atoms with van der Waals surface area (Å²) in [5.41, 5.74) is 4.29. The van der Waals surface area contributed by atoms with Gasteiger partial charge in [0.1, 0.15) is 0 Å². The molecule has 0 radical (unpaired) electrons. The summed E-state index contributed by atoms with van der Waals surface area (Å²) in [5, 5.41) is 3.14. The van der Waals surface area contributed by atoms with E-state index in [1.54, 1.807) is 0 Å². The topological polar surface area (TPSA) is 29.1 Å². The number of hydrogen-bond acceptors (Lipinski definition) is 1. The SMILES string of the molecule is Cc1ccc(C(=O)NC(C)CC(C)(C)c2ccccc2)c(C)c1. The van der Waals surface area contributed by atoms with Gasteiger partial charge in [0.05, 0.1) is 0 Å². The van der Waals surface area contributed by atoms with E-state index in [0.29, 0.717) is 0 Å². The van der Waals surface area contributed by atoms with E-state index in [0.717, 1.165) is 17.5 Å². The lowest BCUT2D eigenvalue weighted by Gasteiger charge is -2.29. The molecule has 1 atom stereocenters. The molecule has 0 aromatic heterocycles. The van der Waals surface area contributed by atoms with Crippen LogP contribution in [0.4, 0.5) is 0 Å². The van der Waals surface area contributed by atoms with Crippen molar-refractivity contribution in [2.45, 2.75) is 52.5 Å². The summed E-state index contributed by atoms with van der Waals surface area (Å²) in [5.74, 6) is 0.0128. The molecule has 1 amide bonds. The number of carbonyl (C=O) groups is 1. The summed E-state index contributed by atoms with van der Waals surface area (Å²) >= 11 is 0. The van der Waals surface area contributed by atoms with Crippen molar-refractivity contribution in [1.82, 2.24) is 5.32 Å². The Morgan fingerprint density at radius 3 is 2.35 bits per heavy atom. The van der Waals surface area contributed by atoms with Gasteiger partial charge in [-0.3, -0.25) is 4.79 Å². The van der Waals surface area contributed by atoms with Gasteiger partial charge in [-0.25, -0.2) is 0 Å². The quantitative estimate of drug-likeness (QED) is 0.845. The van der Waals surface area contributed by atoms with Crippen molar-refractivity contribution in [2.75, 3.05) is 0 Å². The zero-order valence-electron chi connectivity index (χ0n) is 14.8. The molecule has 0 aliphatic carbocycles. The molecule has 2 heteroatoms. The van der Waals surface area contributed by atoms with Crippen LogP contribution in [0.25, 0.3) is 0 Å². The summed E-state index contributed by atoms with van der Waals surface area (Å²) in [6, 6.07) is 16.5. The Hall–Kier alpha value is -2.09. The highest BCUT2D eigenvalue weighted by Gasteiger charge is 2.24. The lowest BCUT2D eigenvalue weighted by Crippen LogP contribution is -2.37. The number of carbonyl (C=O) groups excluding carboxylic acids is 1. The first-order valence-electron chi connectivity index (χ1n) is 8.23. The van der Waals surface area contributed by atoms with Gasteiger partial charge in [-0.2, -0.15) is 0 Å². The van der Waals surface area contributed by atoms with Crippen molar-refractivity contribution in [1.29, 1.82) is 0 Å². The maximum atomic E-state index is 12.5. The van der Waals surface area contributed by atoms with Crippen LogP contribution in [-0.4, -0.2) is 11.9 Å². The van der Waals surface area contributed by atoms with Crippen molar-refractivity contribution in [3.63, 3.8) is 0 Å². The van der Waals surface area contributed by atoms with Crippen LogP contribution in [0.5, 0.6) is 0 Å². The van der Waals surface area contributed by atoms with Crippen molar-refractivity contribution in [3.8, 4) is 0 Å². The minimum absolute atomic E-state index is 0.0128. The van der Waals surface area contributed by atoms with Crippen LogP contribution in [-0.2, 0) is 5.41 Å². The minimum Gasteiger partial charge on any atom is -0.350 e. The average molecular weight is 309 g/mol. The molecule has 2 aromatic rings. The van der Waals surface area contributed by atoms with E-state index >= 15 is 0 Å². The van der Waals surface area contributed by atoms with E-state index in [1.165, 1.54) is 11.1 Å². The molecule has 1 N–H and O–H groups in total. The highest BCUT2D eigenvalue weighted by molar-refractivity contribution is 5.95. The lowest BCUT2D eigenvalue weighted by atomic mass is 9.79. The van der Waals surface area contributed by atoms with Crippen LogP contribution in [0.3, 0.4) is 0 Å². The van der Waals surface area contributed by atoms with Crippen LogP contribution in [0.15, 0.2) is 48.5 Å². The third-order valence-electron chi connectivity index (χ3n) is 4.38. The first-order valence-corrected chi connectivity index (χ1v) is 8.23. The molecule has 0 saturated heterocycles. The second kappa shape index (κ2) is 6.99. The van der Waals surface area contributed by atoms with Gasteiger partial charge in [0.25, 0.3) is 5.91 Å². The number of aryl methyl sites for hydroxylation is 2. The molecule has 23 heavy (non-hydrogen) atoms. The molecule has 0 saturated carbocycles. The molecule has 0 heterocycles. The van der Waals surface area contributed by atoms with E-state index in [-0.39, 0.29) is 17.4 Å². The molecule has 2 nitrogen and oxygen atoms in total. The standard InChI is InChI=1S/C21H27NO/c1-15-11-12-19(16(2)13-15)20(23)22-17(3)14-21(4,5)18-9-7-6-8-10-18/h6-13,17H,14H2,1-5H3,(H,22,23). The predicted octanol–water partition coefficient (Wildman–Crippen LogP) is 4.79. The number of amides is 1. The Bertz CT molecular complexity index is 673. The Morgan fingerprint density at radius 2 is 1.74 bits per heavy atom. The van der Waals surface area contributed by atoms with Crippen LogP contribution in [0, 0.1) is 13.8 Å². The lowest BCUT2D eigenvalue weighted by molar-refractivity contribution is 0.0934. The molecule has 0 aliphatic rings. The normalized spacial score (nSPS) is 12.7. The first-order chi connectivity index (χ1) is 10.8. The summed E-state index contributed by atoms with van der Waals surface area (Å²) in [7, 11) is 0. The third kappa shape index (κ3) is 4.44. The van der Waals surface area contributed by atoms with Crippen LogP contribution in [0.2, 0.25) is 0 Å². The fourth-order valence-corrected chi connectivity index (χ4v) is 3.19. The van der Waals surface area contributed by atoms with E-state index in [1.807, 2.05) is 38.1 Å². The summed E-state index contributed by atoms with van der Waals surface area (Å²) in [4.78, 5) is 12.5. The summed E-state index contributed by atoms with van der Waals surface area (Å²) < 4.78 is 0. The van der Waals surface area contributed by atoms with Gasteiger partial charge in [-0.1, -0.05) is 61.9 Å². The van der Waals surface area contributed by atoms with E-state index < -0.39 is 0 Å². The van der Waals surface area contributed by atoms with Crippen molar-refractivity contribution < 1.29 is 4.79 Å². The van der Waals surface area contributed by atoms with E-state index in [9.17, 15) is 4.79 Å². The number of hydrogen-bond donors (Lipinski definition) is 1. The fourth-order valence-electron chi connectivity index (χ4n) is 3.19. The number of nitrogens with one attached hydrogen (secondary N) is 1. The van der Waals surface area contributed by atoms with Gasteiger partial charge < -0.3 is 5.32 Å². The Balaban J connectivity index is 2.04. The monoisotopic (exact) mass is 309 g/mol. The summed E-state index contributed by atoms with van der Waals surface area (Å²) in [6.45, 7) is 10.6. The smallest absolute Gasteiger partial charge is 0.251 e. The van der Waals surface area contributed by atoms with Crippen LogP contribution in [0.1, 0.15) is 54.2 Å². The van der Waals surface area contributed by atoms with E-state index in [2.05, 4.69) is 50.4 Å². The van der Waals surface area contributed by atoms with Crippen molar-refractivity contribution >= 4 is 5.91 Å². The molecule has 0 spiro atoms. The second-order valence-corrected chi connectivity index (χ2v) is 7.15. The second-order valence-electron chi connectivity index (χ2n) is 7.15. The zero-order chi connectivity index (χ0) is 17.0. The maximum Gasteiger partial charge on any atom is 0.251 e. The number of benzene rings is 2.